The van der Waals surface area contributed by atoms with Crippen molar-refractivity contribution < 1.29 is 38.5 Å². The third-order valence-electron chi connectivity index (χ3n) is 2.25. The molecule has 0 aliphatic carbocycles. The van der Waals surface area contributed by atoms with Gasteiger partial charge in [-0.3, -0.25) is 9.59 Å². The Morgan fingerprint density at radius 3 is 1.50 bits per heavy atom. The zero-order valence-electron chi connectivity index (χ0n) is 14.6. The molecule has 0 saturated carbocycles. The summed E-state index contributed by atoms with van der Waals surface area (Å²) >= 11 is 0. The summed E-state index contributed by atoms with van der Waals surface area (Å²) in [6.45, 7) is 8.37. The molecule has 0 saturated heterocycles. The van der Waals surface area contributed by atoms with Crippen molar-refractivity contribution in [3.05, 3.63) is 23.7 Å². The number of carbonyl (C=O) groups is 4. The normalized spacial score (nSPS) is 10.9. The number of hydrogen-bond donors (Lipinski definition) is 1. The van der Waals surface area contributed by atoms with Crippen LogP contribution in [0.4, 0.5) is 0 Å². The summed E-state index contributed by atoms with van der Waals surface area (Å²) in [5.41, 5.74) is -0.379. The maximum atomic E-state index is 11.1. The van der Waals surface area contributed by atoms with Gasteiger partial charge in [0.25, 0.3) is 0 Å². The van der Waals surface area contributed by atoms with Crippen LogP contribution in [-0.4, -0.2) is 48.4 Å². The lowest BCUT2D eigenvalue weighted by atomic mass is 10.2. The van der Waals surface area contributed by atoms with Gasteiger partial charge in [-0.05, 0) is 34.6 Å². The molecule has 0 spiro atoms. The van der Waals surface area contributed by atoms with E-state index in [0.29, 0.717) is 12.9 Å². The van der Waals surface area contributed by atoms with Crippen molar-refractivity contribution in [1.82, 2.24) is 0 Å². The Morgan fingerprint density at radius 1 is 0.792 bits per heavy atom. The van der Waals surface area contributed by atoms with Crippen LogP contribution in [0.1, 0.15) is 34.6 Å². The van der Waals surface area contributed by atoms with Gasteiger partial charge >= 0.3 is 11.9 Å². The Balaban J connectivity index is 0. The topological polar surface area (TPSA) is 116 Å². The molecular weight excluding hydrogens is 320 g/mol. The average molecular weight is 344 g/mol. The van der Waals surface area contributed by atoms with E-state index in [4.69, 9.17) is 9.84 Å². The highest BCUT2D eigenvalue weighted by Crippen LogP contribution is 2.00. The van der Waals surface area contributed by atoms with E-state index in [2.05, 4.69) is 9.47 Å². The van der Waals surface area contributed by atoms with Crippen LogP contribution >= 0.6 is 0 Å². The van der Waals surface area contributed by atoms with Gasteiger partial charge < -0.3 is 19.3 Å². The lowest BCUT2D eigenvalue weighted by Gasteiger charge is -2.03. The van der Waals surface area contributed by atoms with Crippen molar-refractivity contribution in [3.63, 3.8) is 0 Å². The minimum Gasteiger partial charge on any atom is -0.515 e. The van der Waals surface area contributed by atoms with E-state index in [1.54, 1.807) is 20.8 Å². The van der Waals surface area contributed by atoms with Crippen molar-refractivity contribution in [2.24, 2.45) is 0 Å². The molecule has 8 heteroatoms. The molecule has 0 rings (SSSR count). The van der Waals surface area contributed by atoms with Crippen LogP contribution in [0.5, 0.6) is 0 Å². The van der Waals surface area contributed by atoms with Gasteiger partial charge in [0.1, 0.15) is 17.4 Å². The van der Waals surface area contributed by atoms with Crippen LogP contribution in [0.3, 0.4) is 0 Å². The van der Waals surface area contributed by atoms with Crippen LogP contribution in [0.2, 0.25) is 0 Å². The molecule has 0 aliphatic rings. The van der Waals surface area contributed by atoms with Gasteiger partial charge in [0.15, 0.2) is 11.6 Å². The zero-order valence-corrected chi connectivity index (χ0v) is 14.6. The van der Waals surface area contributed by atoms with Crippen LogP contribution in [-0.2, 0) is 33.4 Å². The van der Waals surface area contributed by atoms with Gasteiger partial charge in [-0.1, -0.05) is 0 Å². The first-order valence-corrected chi connectivity index (χ1v) is 7.28. The molecule has 0 unspecified atom stereocenters. The van der Waals surface area contributed by atoms with E-state index in [-0.39, 0.29) is 30.1 Å². The predicted octanol–water partition coefficient (Wildman–Crippen LogP) is 1.64. The standard InChI is InChI=1S/C9H14O4.C7H10O4/c1-4-12-6-8(7(3)10)9(11)13-5-2;1-3-11-7(10)6(4-8)5(2)9/h6H,4-5H2,1-3H3;4,8H,3H2,1-2H3. The van der Waals surface area contributed by atoms with E-state index in [0.717, 1.165) is 6.26 Å². The minimum absolute atomic E-state index is 0.0521. The van der Waals surface area contributed by atoms with E-state index >= 15 is 0 Å². The fourth-order valence-corrected chi connectivity index (χ4v) is 1.15. The third-order valence-corrected chi connectivity index (χ3v) is 2.25. The summed E-state index contributed by atoms with van der Waals surface area (Å²) in [4.78, 5) is 43.3. The molecule has 0 heterocycles. The first-order chi connectivity index (χ1) is 11.3. The number of rotatable bonds is 8. The summed E-state index contributed by atoms with van der Waals surface area (Å²) in [6, 6.07) is 0. The number of carbonyl (C=O) groups excluding carboxylic acids is 4. The number of Topliss-reactive ketones (excluding diaryl/α,β-unsaturated/α-hetero) is 2. The molecule has 1 N–H and O–H groups in total. The Hall–Kier alpha value is -2.64. The highest BCUT2D eigenvalue weighted by Gasteiger charge is 2.16. The lowest BCUT2D eigenvalue weighted by Crippen LogP contribution is -2.14. The second-order valence-corrected chi connectivity index (χ2v) is 4.08. The Labute approximate surface area is 141 Å². The highest BCUT2D eigenvalue weighted by atomic mass is 16.5. The van der Waals surface area contributed by atoms with Gasteiger partial charge in [0, 0.05) is 0 Å². The molecule has 0 atom stereocenters. The van der Waals surface area contributed by atoms with Crippen molar-refractivity contribution in [2.75, 3.05) is 19.8 Å². The van der Waals surface area contributed by atoms with Gasteiger partial charge in [0.2, 0.25) is 0 Å². The Bertz CT molecular complexity index is 502. The fourth-order valence-electron chi connectivity index (χ4n) is 1.15. The summed E-state index contributed by atoms with van der Waals surface area (Å²) in [5.74, 6) is -2.29. The first kappa shape index (κ1) is 23.6. The molecule has 0 aromatic heterocycles. The van der Waals surface area contributed by atoms with Crippen molar-refractivity contribution in [3.8, 4) is 0 Å². The average Bonchev–Trinajstić information content (AvgIpc) is 2.48. The molecule has 8 nitrogen and oxygen atoms in total. The SMILES string of the molecule is CCOC(=O)C(=CO)C(C)=O.CCOC=C(C(C)=O)C(=O)OCC. The molecule has 0 fully saturated rings. The van der Waals surface area contributed by atoms with Gasteiger partial charge in [0.05, 0.1) is 26.1 Å². The third kappa shape index (κ3) is 10.1. The number of esters is 2. The quantitative estimate of drug-likeness (QED) is 0.232. The molecule has 0 bridgehead atoms. The van der Waals surface area contributed by atoms with Crippen molar-refractivity contribution in [2.45, 2.75) is 34.6 Å². The highest BCUT2D eigenvalue weighted by molar-refractivity contribution is 6.16. The maximum absolute atomic E-state index is 11.1. The first-order valence-electron chi connectivity index (χ1n) is 7.28. The van der Waals surface area contributed by atoms with E-state index in [1.165, 1.54) is 13.8 Å². The molecule has 0 aromatic rings. The Kier molecular flexibility index (Phi) is 13.8. The molecule has 24 heavy (non-hydrogen) atoms. The summed E-state index contributed by atoms with van der Waals surface area (Å²) < 4.78 is 14.0. The zero-order chi connectivity index (χ0) is 19.1. The number of hydrogen-bond acceptors (Lipinski definition) is 8. The molecule has 0 aromatic carbocycles. The van der Waals surface area contributed by atoms with Crippen molar-refractivity contribution in [1.29, 1.82) is 0 Å². The van der Waals surface area contributed by atoms with E-state index in [9.17, 15) is 19.2 Å². The van der Waals surface area contributed by atoms with Crippen LogP contribution in [0, 0.1) is 0 Å². The molecule has 0 aliphatic heterocycles. The fraction of sp³-hybridized carbons (Fsp3) is 0.500. The van der Waals surface area contributed by atoms with E-state index in [1.807, 2.05) is 0 Å². The summed E-state index contributed by atoms with van der Waals surface area (Å²) in [6.07, 6.45) is 1.60. The molecule has 0 amide bonds. The van der Waals surface area contributed by atoms with Crippen molar-refractivity contribution >= 4 is 23.5 Å². The number of aliphatic hydroxyl groups is 1. The molecular formula is C16H24O8. The van der Waals surface area contributed by atoms with Gasteiger partial charge in [-0.2, -0.15) is 0 Å². The lowest BCUT2D eigenvalue weighted by molar-refractivity contribution is -0.141. The maximum Gasteiger partial charge on any atom is 0.344 e. The Morgan fingerprint density at radius 2 is 1.21 bits per heavy atom. The second kappa shape index (κ2) is 14.0. The van der Waals surface area contributed by atoms with Crippen LogP contribution < -0.4 is 0 Å². The molecule has 0 radical (unpaired) electrons. The predicted molar refractivity (Wildman–Crippen MR) is 85.0 cm³/mol. The molecule has 136 valence electrons. The number of ketones is 2. The van der Waals surface area contributed by atoms with Crippen LogP contribution in [0.15, 0.2) is 23.7 Å². The minimum atomic E-state index is -0.789. The smallest absolute Gasteiger partial charge is 0.344 e. The largest absolute Gasteiger partial charge is 0.515 e. The number of ether oxygens (including phenoxy) is 3. The second-order valence-electron chi connectivity index (χ2n) is 4.08. The van der Waals surface area contributed by atoms with Gasteiger partial charge in [-0.25, -0.2) is 9.59 Å². The van der Waals surface area contributed by atoms with Gasteiger partial charge in [-0.15, -0.1) is 0 Å². The number of aliphatic hydroxyl groups excluding tert-OH is 1. The van der Waals surface area contributed by atoms with E-state index < -0.39 is 17.7 Å². The van der Waals surface area contributed by atoms with Crippen LogP contribution in [0.25, 0.3) is 0 Å². The summed E-state index contributed by atoms with van der Waals surface area (Å²) in [7, 11) is 0. The monoisotopic (exact) mass is 344 g/mol. The summed E-state index contributed by atoms with van der Waals surface area (Å²) in [5, 5.41) is 8.41.